The van der Waals surface area contributed by atoms with Gasteiger partial charge in [0.2, 0.25) is 10.0 Å². The molecule has 0 aliphatic carbocycles. The number of sulfonamides is 1. The Morgan fingerprint density at radius 3 is 2.65 bits per heavy atom. The van der Waals surface area contributed by atoms with Crippen molar-refractivity contribution in [3.63, 3.8) is 0 Å². The van der Waals surface area contributed by atoms with Gasteiger partial charge in [0.15, 0.2) is 0 Å². The minimum Gasteiger partial charge on any atom is -0.207 e. The fourth-order valence-corrected chi connectivity index (χ4v) is 5.26. The van der Waals surface area contributed by atoms with Gasteiger partial charge in [-0.3, -0.25) is 0 Å². The molecular weight excluding hydrogens is 370 g/mol. The molecule has 1 fully saturated rings. The summed E-state index contributed by atoms with van der Waals surface area (Å²) in [5.74, 6) is 0. The van der Waals surface area contributed by atoms with Crippen LogP contribution in [0.25, 0.3) is 0 Å². The molecule has 1 atom stereocenters. The van der Waals surface area contributed by atoms with E-state index in [0.29, 0.717) is 22.5 Å². The monoisotopic (exact) mass is 381 g/mol. The summed E-state index contributed by atoms with van der Waals surface area (Å²) in [6, 6.07) is 6.94. The van der Waals surface area contributed by atoms with E-state index in [4.69, 9.17) is 0 Å². The van der Waals surface area contributed by atoms with Crippen LogP contribution in [0.4, 0.5) is 0 Å². The number of hydrogen-bond donors (Lipinski definition) is 0. The molecule has 3 nitrogen and oxygen atoms in total. The molecule has 94 valence electrons. The number of benzene rings is 1. The average Bonchev–Trinajstić information content (AvgIpc) is 2.29. The Balaban J connectivity index is 2.33. The zero-order valence-electron chi connectivity index (χ0n) is 9.14. The van der Waals surface area contributed by atoms with Crippen LogP contribution in [0.15, 0.2) is 33.6 Å². The van der Waals surface area contributed by atoms with Crippen LogP contribution in [-0.4, -0.2) is 30.6 Å². The van der Waals surface area contributed by atoms with Crippen LogP contribution in [0, 0.1) is 0 Å². The molecule has 1 aliphatic heterocycles. The number of hydrogen-bond acceptors (Lipinski definition) is 2. The van der Waals surface area contributed by atoms with E-state index in [1.807, 2.05) is 6.07 Å². The topological polar surface area (TPSA) is 37.4 Å². The van der Waals surface area contributed by atoms with Crippen molar-refractivity contribution in [3.05, 3.63) is 28.7 Å². The molecule has 0 bridgehead atoms. The highest BCUT2D eigenvalue weighted by atomic mass is 79.9. The largest absolute Gasteiger partial charge is 0.244 e. The van der Waals surface area contributed by atoms with Gasteiger partial charge in [0.1, 0.15) is 0 Å². The Labute approximate surface area is 119 Å². The van der Waals surface area contributed by atoms with E-state index in [1.165, 1.54) is 0 Å². The number of alkyl halides is 1. The molecule has 6 heteroatoms. The Morgan fingerprint density at radius 1 is 1.29 bits per heavy atom. The van der Waals surface area contributed by atoms with Crippen LogP contribution in [0.2, 0.25) is 0 Å². The van der Waals surface area contributed by atoms with Crippen molar-refractivity contribution in [1.82, 2.24) is 4.31 Å². The highest BCUT2D eigenvalue weighted by molar-refractivity contribution is 9.10. The molecule has 0 radical (unpaired) electrons. The maximum atomic E-state index is 12.4. The maximum Gasteiger partial charge on any atom is 0.244 e. The summed E-state index contributed by atoms with van der Waals surface area (Å²) in [7, 11) is -3.37. The number of nitrogens with zero attached hydrogens (tertiary/aromatic N) is 1. The SMILES string of the molecule is O=S(=O)(c1ccccc1Br)N1CCCC(Br)C1. The van der Waals surface area contributed by atoms with Crippen LogP contribution in [0.3, 0.4) is 0 Å². The summed E-state index contributed by atoms with van der Waals surface area (Å²) in [6.07, 6.45) is 1.93. The lowest BCUT2D eigenvalue weighted by atomic mass is 10.2. The predicted octanol–water partition coefficient (Wildman–Crippen LogP) is 3.00. The van der Waals surface area contributed by atoms with Gasteiger partial charge in [0, 0.05) is 22.4 Å². The summed E-state index contributed by atoms with van der Waals surface area (Å²) in [5, 5.41) is 0. The minimum atomic E-state index is -3.37. The second-order valence-corrected chi connectivity index (χ2v) is 8.09. The smallest absolute Gasteiger partial charge is 0.207 e. The lowest BCUT2D eigenvalue weighted by Gasteiger charge is -2.29. The molecule has 17 heavy (non-hydrogen) atoms. The van der Waals surface area contributed by atoms with Crippen molar-refractivity contribution in [1.29, 1.82) is 0 Å². The molecular formula is C11H13Br2NO2S. The Bertz CT molecular complexity index is 504. The summed E-state index contributed by atoms with van der Waals surface area (Å²) in [4.78, 5) is 0.607. The molecule has 1 aliphatic rings. The van der Waals surface area contributed by atoms with Crippen molar-refractivity contribution >= 4 is 41.9 Å². The van der Waals surface area contributed by atoms with Gasteiger partial charge in [-0.25, -0.2) is 8.42 Å². The summed E-state index contributed by atoms with van der Waals surface area (Å²) < 4.78 is 27.0. The fourth-order valence-electron chi connectivity index (χ4n) is 1.90. The number of rotatable bonds is 2. The third-order valence-electron chi connectivity index (χ3n) is 2.78. The van der Waals surface area contributed by atoms with E-state index in [2.05, 4.69) is 31.9 Å². The second-order valence-electron chi connectivity index (χ2n) is 4.03. The average molecular weight is 383 g/mol. The molecule has 0 aromatic heterocycles. The highest BCUT2D eigenvalue weighted by Gasteiger charge is 2.30. The van der Waals surface area contributed by atoms with Gasteiger partial charge in [0.05, 0.1) is 4.90 Å². The molecule has 1 heterocycles. The van der Waals surface area contributed by atoms with Gasteiger partial charge < -0.3 is 0 Å². The quantitative estimate of drug-likeness (QED) is 0.737. The zero-order chi connectivity index (χ0) is 12.5. The molecule has 2 rings (SSSR count). The molecule has 1 aromatic rings. The Morgan fingerprint density at radius 2 is 2.00 bits per heavy atom. The lowest BCUT2D eigenvalue weighted by molar-refractivity contribution is 0.356. The van der Waals surface area contributed by atoms with Crippen molar-refractivity contribution in [2.75, 3.05) is 13.1 Å². The van der Waals surface area contributed by atoms with E-state index < -0.39 is 10.0 Å². The van der Waals surface area contributed by atoms with E-state index in [9.17, 15) is 8.42 Å². The van der Waals surface area contributed by atoms with E-state index in [-0.39, 0.29) is 4.83 Å². The maximum absolute atomic E-state index is 12.4. The lowest BCUT2D eigenvalue weighted by Crippen LogP contribution is -2.40. The first-order valence-electron chi connectivity index (χ1n) is 5.40. The Kier molecular flexibility index (Phi) is 4.28. The standard InChI is InChI=1S/C11H13Br2NO2S/c12-9-4-3-7-14(8-9)17(15,16)11-6-2-1-5-10(11)13/h1-2,5-6,9H,3-4,7-8H2. The molecule has 1 aromatic carbocycles. The second kappa shape index (κ2) is 5.38. The van der Waals surface area contributed by atoms with Crippen molar-refractivity contribution in [2.45, 2.75) is 22.6 Å². The van der Waals surface area contributed by atoms with Crippen molar-refractivity contribution in [2.24, 2.45) is 0 Å². The third-order valence-corrected chi connectivity index (χ3v) is 6.41. The molecule has 0 amide bonds. The molecule has 0 spiro atoms. The first-order valence-corrected chi connectivity index (χ1v) is 8.55. The van der Waals surface area contributed by atoms with E-state index >= 15 is 0 Å². The molecule has 1 unspecified atom stereocenters. The molecule has 0 N–H and O–H groups in total. The van der Waals surface area contributed by atoms with Gasteiger partial charge in [0.25, 0.3) is 0 Å². The summed E-state index contributed by atoms with van der Waals surface area (Å²) in [6.45, 7) is 1.15. The minimum absolute atomic E-state index is 0.258. The molecule has 0 saturated carbocycles. The first-order chi connectivity index (χ1) is 8.01. The van der Waals surface area contributed by atoms with Crippen LogP contribution < -0.4 is 0 Å². The van der Waals surface area contributed by atoms with E-state index in [0.717, 1.165) is 12.8 Å². The van der Waals surface area contributed by atoms with Gasteiger partial charge in [-0.05, 0) is 40.9 Å². The zero-order valence-corrected chi connectivity index (χ0v) is 13.1. The van der Waals surface area contributed by atoms with Crippen LogP contribution in [0.5, 0.6) is 0 Å². The van der Waals surface area contributed by atoms with Gasteiger partial charge in [-0.1, -0.05) is 28.1 Å². The van der Waals surface area contributed by atoms with Gasteiger partial charge in [-0.2, -0.15) is 4.31 Å². The van der Waals surface area contributed by atoms with Crippen molar-refractivity contribution < 1.29 is 8.42 Å². The van der Waals surface area contributed by atoms with Gasteiger partial charge >= 0.3 is 0 Å². The number of halogens is 2. The van der Waals surface area contributed by atoms with Crippen LogP contribution >= 0.6 is 31.9 Å². The van der Waals surface area contributed by atoms with Crippen LogP contribution in [-0.2, 0) is 10.0 Å². The first kappa shape index (κ1) is 13.5. The Hall–Kier alpha value is 0.0900. The van der Waals surface area contributed by atoms with Gasteiger partial charge in [-0.15, -0.1) is 0 Å². The summed E-state index contributed by atoms with van der Waals surface area (Å²) in [5.41, 5.74) is 0. The fraction of sp³-hybridized carbons (Fsp3) is 0.455. The van der Waals surface area contributed by atoms with Crippen LogP contribution in [0.1, 0.15) is 12.8 Å². The third kappa shape index (κ3) is 2.92. The molecule has 1 saturated heterocycles. The number of piperidine rings is 1. The summed E-state index contributed by atoms with van der Waals surface area (Å²) >= 11 is 6.79. The van der Waals surface area contributed by atoms with Crippen molar-refractivity contribution in [3.8, 4) is 0 Å². The van der Waals surface area contributed by atoms with E-state index in [1.54, 1.807) is 22.5 Å². The normalized spacial score (nSPS) is 22.6. The predicted molar refractivity (Wildman–Crippen MR) is 74.8 cm³/mol. The highest BCUT2D eigenvalue weighted by Crippen LogP contribution is 2.28.